The number of hydrogen-bond donors (Lipinski definition) is 1. The standard InChI is InChI=1S/C16H21NO2/c1-19-16(11-17-15(18)12-7-4-8-12)9-13-5-2-3-6-14(13)10-16/h2-3,5-6,12H,4,7-11H2,1H3,(H,17,18). The normalized spacial score (nSPS) is 20.7. The minimum atomic E-state index is -0.247. The highest BCUT2D eigenvalue weighted by atomic mass is 16.5. The molecule has 3 rings (SSSR count). The van der Waals surface area contributed by atoms with Crippen molar-refractivity contribution >= 4 is 5.91 Å². The summed E-state index contributed by atoms with van der Waals surface area (Å²) in [6.45, 7) is 0.619. The number of methoxy groups -OCH3 is 1. The average molecular weight is 259 g/mol. The molecule has 0 saturated heterocycles. The quantitative estimate of drug-likeness (QED) is 0.899. The Morgan fingerprint density at radius 1 is 1.32 bits per heavy atom. The number of hydrogen-bond acceptors (Lipinski definition) is 2. The number of amides is 1. The molecule has 0 heterocycles. The van der Waals surface area contributed by atoms with Gasteiger partial charge < -0.3 is 10.1 Å². The molecular formula is C16H21NO2. The van der Waals surface area contributed by atoms with Crippen molar-refractivity contribution in [3.63, 3.8) is 0 Å². The lowest BCUT2D eigenvalue weighted by molar-refractivity contribution is -0.128. The number of carbonyl (C=O) groups excluding carboxylic acids is 1. The zero-order chi connectivity index (χ0) is 13.3. The summed E-state index contributed by atoms with van der Waals surface area (Å²) in [5.74, 6) is 0.455. The first-order valence-corrected chi connectivity index (χ1v) is 7.12. The molecule has 0 unspecified atom stereocenters. The van der Waals surface area contributed by atoms with Gasteiger partial charge in [0.05, 0.1) is 5.60 Å². The van der Waals surface area contributed by atoms with E-state index in [4.69, 9.17) is 4.74 Å². The first kappa shape index (κ1) is 12.7. The summed E-state index contributed by atoms with van der Waals surface area (Å²) in [6.07, 6.45) is 5.08. The fourth-order valence-electron chi connectivity index (χ4n) is 3.06. The van der Waals surface area contributed by atoms with Crippen molar-refractivity contribution in [2.45, 2.75) is 37.7 Å². The highest BCUT2D eigenvalue weighted by molar-refractivity contribution is 5.79. The fourth-order valence-corrected chi connectivity index (χ4v) is 3.06. The fraction of sp³-hybridized carbons (Fsp3) is 0.562. The van der Waals surface area contributed by atoms with Gasteiger partial charge in [0.15, 0.2) is 0 Å². The number of carbonyl (C=O) groups is 1. The molecule has 1 N–H and O–H groups in total. The molecule has 2 aliphatic carbocycles. The van der Waals surface area contributed by atoms with Crippen molar-refractivity contribution in [1.82, 2.24) is 5.32 Å². The van der Waals surface area contributed by atoms with Crippen molar-refractivity contribution < 1.29 is 9.53 Å². The zero-order valence-electron chi connectivity index (χ0n) is 11.4. The lowest BCUT2D eigenvalue weighted by Gasteiger charge is -2.30. The second kappa shape index (κ2) is 4.97. The molecule has 1 aromatic carbocycles. The van der Waals surface area contributed by atoms with E-state index in [1.165, 1.54) is 17.5 Å². The van der Waals surface area contributed by atoms with E-state index < -0.39 is 0 Å². The Hall–Kier alpha value is -1.35. The summed E-state index contributed by atoms with van der Waals surface area (Å²) in [7, 11) is 1.75. The molecule has 1 saturated carbocycles. The van der Waals surface area contributed by atoms with Crippen LogP contribution in [0.2, 0.25) is 0 Å². The molecule has 0 radical (unpaired) electrons. The largest absolute Gasteiger partial charge is 0.376 e. The van der Waals surface area contributed by atoms with Crippen LogP contribution in [0.1, 0.15) is 30.4 Å². The van der Waals surface area contributed by atoms with E-state index >= 15 is 0 Å². The highest BCUT2D eigenvalue weighted by Crippen LogP contribution is 2.32. The van der Waals surface area contributed by atoms with Crippen LogP contribution in [-0.4, -0.2) is 25.2 Å². The first-order chi connectivity index (χ1) is 9.22. The Balaban J connectivity index is 1.64. The summed E-state index contributed by atoms with van der Waals surface area (Å²) in [5.41, 5.74) is 2.45. The Bertz CT molecular complexity index is 454. The van der Waals surface area contributed by atoms with Gasteiger partial charge in [0.25, 0.3) is 0 Å². The number of nitrogens with one attached hydrogen (secondary N) is 1. The second-order valence-electron chi connectivity index (χ2n) is 5.86. The van der Waals surface area contributed by atoms with Gasteiger partial charge in [-0.25, -0.2) is 0 Å². The number of ether oxygens (including phenoxy) is 1. The molecule has 3 heteroatoms. The van der Waals surface area contributed by atoms with Crippen molar-refractivity contribution in [3.05, 3.63) is 35.4 Å². The molecule has 3 nitrogen and oxygen atoms in total. The third-order valence-electron chi connectivity index (χ3n) is 4.64. The molecule has 1 aromatic rings. The predicted molar refractivity (Wildman–Crippen MR) is 73.9 cm³/mol. The van der Waals surface area contributed by atoms with Gasteiger partial charge >= 0.3 is 0 Å². The van der Waals surface area contributed by atoms with Gasteiger partial charge in [-0.3, -0.25) is 4.79 Å². The van der Waals surface area contributed by atoms with Gasteiger partial charge in [0.2, 0.25) is 5.91 Å². The van der Waals surface area contributed by atoms with Gasteiger partial charge in [-0.05, 0) is 24.0 Å². The van der Waals surface area contributed by atoms with E-state index in [-0.39, 0.29) is 17.4 Å². The maximum Gasteiger partial charge on any atom is 0.223 e. The highest BCUT2D eigenvalue weighted by Gasteiger charge is 2.38. The lowest BCUT2D eigenvalue weighted by Crippen LogP contribution is -2.47. The van der Waals surface area contributed by atoms with Gasteiger partial charge in [0, 0.05) is 32.4 Å². The van der Waals surface area contributed by atoms with Crippen molar-refractivity contribution in [1.29, 1.82) is 0 Å². The van der Waals surface area contributed by atoms with Gasteiger partial charge in [0.1, 0.15) is 0 Å². The van der Waals surface area contributed by atoms with E-state index in [0.717, 1.165) is 25.7 Å². The summed E-state index contributed by atoms with van der Waals surface area (Å²) in [5, 5.41) is 3.09. The van der Waals surface area contributed by atoms with Crippen LogP contribution < -0.4 is 5.32 Å². The molecule has 0 spiro atoms. The van der Waals surface area contributed by atoms with Crippen LogP contribution in [0.15, 0.2) is 24.3 Å². The average Bonchev–Trinajstić information content (AvgIpc) is 2.73. The maximum atomic E-state index is 11.9. The van der Waals surface area contributed by atoms with Crippen molar-refractivity contribution in [2.75, 3.05) is 13.7 Å². The minimum Gasteiger partial charge on any atom is -0.376 e. The van der Waals surface area contributed by atoms with E-state index in [1.807, 2.05) is 0 Å². The van der Waals surface area contributed by atoms with Crippen LogP contribution in [0.4, 0.5) is 0 Å². The Morgan fingerprint density at radius 2 is 1.95 bits per heavy atom. The minimum absolute atomic E-state index is 0.207. The topological polar surface area (TPSA) is 38.3 Å². The molecule has 0 bridgehead atoms. The predicted octanol–water partition coefficient (Wildman–Crippen LogP) is 2.09. The Kier molecular flexibility index (Phi) is 3.31. The monoisotopic (exact) mass is 259 g/mol. The SMILES string of the molecule is COC1(CNC(=O)C2CCC2)Cc2ccccc2C1. The lowest BCUT2D eigenvalue weighted by atomic mass is 9.84. The molecule has 19 heavy (non-hydrogen) atoms. The summed E-state index contributed by atoms with van der Waals surface area (Å²) < 4.78 is 5.75. The summed E-state index contributed by atoms with van der Waals surface area (Å²) in [6, 6.07) is 8.45. The molecule has 0 aliphatic heterocycles. The molecular weight excluding hydrogens is 238 g/mol. The van der Waals surface area contributed by atoms with Crippen LogP contribution in [0.3, 0.4) is 0 Å². The number of fused-ring (bicyclic) bond motifs is 1. The van der Waals surface area contributed by atoms with E-state index in [0.29, 0.717) is 6.54 Å². The van der Waals surface area contributed by atoms with E-state index in [9.17, 15) is 4.79 Å². The van der Waals surface area contributed by atoms with Crippen LogP contribution in [0, 0.1) is 5.92 Å². The summed E-state index contributed by atoms with van der Waals surface area (Å²) in [4.78, 5) is 11.9. The van der Waals surface area contributed by atoms with Crippen LogP contribution >= 0.6 is 0 Å². The van der Waals surface area contributed by atoms with E-state index in [2.05, 4.69) is 29.6 Å². The molecule has 0 atom stereocenters. The van der Waals surface area contributed by atoms with Crippen LogP contribution in [-0.2, 0) is 22.4 Å². The molecule has 102 valence electrons. The summed E-state index contributed by atoms with van der Waals surface area (Å²) >= 11 is 0. The number of rotatable bonds is 4. The zero-order valence-corrected chi connectivity index (χ0v) is 11.4. The first-order valence-electron chi connectivity index (χ1n) is 7.12. The molecule has 2 aliphatic rings. The molecule has 0 aromatic heterocycles. The second-order valence-corrected chi connectivity index (χ2v) is 5.86. The van der Waals surface area contributed by atoms with Crippen molar-refractivity contribution in [3.8, 4) is 0 Å². The van der Waals surface area contributed by atoms with Crippen molar-refractivity contribution in [2.24, 2.45) is 5.92 Å². The van der Waals surface area contributed by atoms with Gasteiger partial charge in [-0.2, -0.15) is 0 Å². The Morgan fingerprint density at radius 3 is 2.42 bits per heavy atom. The maximum absolute atomic E-state index is 11.9. The van der Waals surface area contributed by atoms with Crippen LogP contribution in [0.25, 0.3) is 0 Å². The smallest absolute Gasteiger partial charge is 0.223 e. The van der Waals surface area contributed by atoms with Crippen LogP contribution in [0.5, 0.6) is 0 Å². The molecule has 1 amide bonds. The van der Waals surface area contributed by atoms with E-state index in [1.54, 1.807) is 7.11 Å². The number of benzene rings is 1. The third kappa shape index (κ3) is 2.39. The Labute approximate surface area is 114 Å². The molecule has 1 fully saturated rings. The van der Waals surface area contributed by atoms with Gasteiger partial charge in [-0.1, -0.05) is 30.7 Å². The van der Waals surface area contributed by atoms with Gasteiger partial charge in [-0.15, -0.1) is 0 Å². The third-order valence-corrected chi connectivity index (χ3v) is 4.64.